The molecule has 2 aliphatic rings. The molecule has 4 atom stereocenters. The molecule has 0 saturated heterocycles. The summed E-state index contributed by atoms with van der Waals surface area (Å²) in [6.07, 6.45) is 12.7. The third kappa shape index (κ3) is 5.26. The Morgan fingerprint density at radius 2 is 1.42 bits per heavy atom. The van der Waals surface area contributed by atoms with Crippen molar-refractivity contribution in [3.05, 3.63) is 48.6 Å². The van der Waals surface area contributed by atoms with E-state index in [1.165, 1.54) is 0 Å². The molecule has 0 spiro atoms. The van der Waals surface area contributed by atoms with Crippen LogP contribution in [0.15, 0.2) is 36.9 Å². The van der Waals surface area contributed by atoms with Gasteiger partial charge in [0.15, 0.2) is 22.6 Å². The van der Waals surface area contributed by atoms with Gasteiger partial charge in [0.1, 0.15) is 17.2 Å². The SMILES string of the molecule is CC(C)(C)OC(=O)N[C@H]1CC[C@@H](c2nnc3cnc4[nH]ccc4n23)C1.N[C@H]1CC[C@@H](c2nnc3cnc4[nH]ccc4n23)C1. The highest BCUT2D eigenvalue weighted by molar-refractivity contribution is 5.75. The summed E-state index contributed by atoms with van der Waals surface area (Å²) in [5.41, 5.74) is 10.7. The van der Waals surface area contributed by atoms with Crippen molar-refractivity contribution in [3.8, 4) is 0 Å². The molecule has 6 aromatic heterocycles. The van der Waals surface area contributed by atoms with Crippen molar-refractivity contribution in [2.75, 3.05) is 0 Å². The molecule has 0 aliphatic heterocycles. The van der Waals surface area contributed by atoms with E-state index in [4.69, 9.17) is 10.5 Å². The molecule has 43 heavy (non-hydrogen) atoms. The molecule has 1 amide bonds. The van der Waals surface area contributed by atoms with Gasteiger partial charge in [0, 0.05) is 36.3 Å². The van der Waals surface area contributed by atoms with Crippen LogP contribution in [0.2, 0.25) is 0 Å². The van der Waals surface area contributed by atoms with E-state index in [9.17, 15) is 4.79 Å². The Morgan fingerprint density at radius 3 is 1.95 bits per heavy atom. The largest absolute Gasteiger partial charge is 0.444 e. The van der Waals surface area contributed by atoms with Gasteiger partial charge in [0.25, 0.3) is 0 Å². The molecule has 8 rings (SSSR count). The van der Waals surface area contributed by atoms with Crippen LogP contribution in [0.1, 0.15) is 82.8 Å². The lowest BCUT2D eigenvalue weighted by atomic mass is 10.1. The molecule has 14 nitrogen and oxygen atoms in total. The Bertz CT molecular complexity index is 1910. The number of H-pyrrole nitrogens is 2. The Hall–Kier alpha value is -4.59. The van der Waals surface area contributed by atoms with Crippen molar-refractivity contribution >= 4 is 39.7 Å². The van der Waals surface area contributed by atoms with Crippen LogP contribution in [-0.4, -0.2) is 72.9 Å². The fourth-order valence-corrected chi connectivity index (χ4v) is 6.40. The molecular weight excluding hydrogens is 548 g/mol. The number of nitrogens with two attached hydrogens (primary N) is 1. The highest BCUT2D eigenvalue weighted by Gasteiger charge is 2.32. The number of amides is 1. The van der Waals surface area contributed by atoms with Gasteiger partial charge in [-0.1, -0.05) is 0 Å². The summed E-state index contributed by atoms with van der Waals surface area (Å²) in [6, 6.07) is 4.38. The predicted octanol–water partition coefficient (Wildman–Crippen LogP) is 3.97. The van der Waals surface area contributed by atoms with Gasteiger partial charge >= 0.3 is 6.09 Å². The van der Waals surface area contributed by atoms with Crippen molar-refractivity contribution in [2.24, 2.45) is 5.73 Å². The maximum absolute atomic E-state index is 12.0. The number of carbonyl (C=O) groups excluding carboxylic acids is 1. The van der Waals surface area contributed by atoms with Crippen molar-refractivity contribution < 1.29 is 9.53 Å². The number of nitrogens with one attached hydrogen (secondary N) is 3. The number of aromatic amines is 2. The zero-order valence-corrected chi connectivity index (χ0v) is 24.5. The molecule has 6 aromatic rings. The van der Waals surface area contributed by atoms with Gasteiger partial charge in [0.05, 0.1) is 23.4 Å². The van der Waals surface area contributed by atoms with Crippen molar-refractivity contribution in [2.45, 2.75) is 88.8 Å². The fourth-order valence-electron chi connectivity index (χ4n) is 6.40. The molecule has 0 aromatic carbocycles. The Kier molecular flexibility index (Phi) is 6.72. The Balaban J connectivity index is 0.000000147. The number of aromatic nitrogens is 10. The molecule has 6 heterocycles. The summed E-state index contributed by atoms with van der Waals surface area (Å²) in [6.45, 7) is 5.59. The van der Waals surface area contributed by atoms with E-state index < -0.39 is 5.60 Å². The number of fused-ring (bicyclic) bond motifs is 6. The van der Waals surface area contributed by atoms with Crippen molar-refractivity contribution in [3.63, 3.8) is 0 Å². The minimum Gasteiger partial charge on any atom is -0.444 e. The highest BCUT2D eigenvalue weighted by Crippen LogP contribution is 2.35. The van der Waals surface area contributed by atoms with E-state index in [0.717, 1.165) is 83.8 Å². The molecule has 0 radical (unpaired) electrons. The zero-order chi connectivity index (χ0) is 29.7. The zero-order valence-electron chi connectivity index (χ0n) is 24.5. The second kappa shape index (κ2) is 10.6. The predicted molar refractivity (Wildman–Crippen MR) is 160 cm³/mol. The second-order valence-electron chi connectivity index (χ2n) is 12.6. The average molecular weight is 585 g/mol. The average Bonchev–Trinajstić information content (AvgIpc) is 3.77. The topological polar surface area (TPSA) is 182 Å². The van der Waals surface area contributed by atoms with Crippen LogP contribution in [0.5, 0.6) is 0 Å². The fraction of sp³-hybridized carbons (Fsp3) is 0.483. The summed E-state index contributed by atoms with van der Waals surface area (Å²) in [5.74, 6) is 2.60. The van der Waals surface area contributed by atoms with Gasteiger partial charge in [-0.25, -0.2) is 14.8 Å². The summed E-state index contributed by atoms with van der Waals surface area (Å²) >= 11 is 0. The summed E-state index contributed by atoms with van der Waals surface area (Å²) in [7, 11) is 0. The molecule has 224 valence electrons. The van der Waals surface area contributed by atoms with E-state index in [1.54, 1.807) is 12.4 Å². The molecule has 14 heteroatoms. The van der Waals surface area contributed by atoms with E-state index in [2.05, 4.69) is 54.4 Å². The first-order valence-electron chi connectivity index (χ1n) is 14.8. The van der Waals surface area contributed by atoms with Gasteiger partial charge < -0.3 is 25.8 Å². The molecular formula is C29H36N12O2. The van der Waals surface area contributed by atoms with Gasteiger partial charge in [0.2, 0.25) is 0 Å². The van der Waals surface area contributed by atoms with Crippen LogP contribution in [0.3, 0.4) is 0 Å². The highest BCUT2D eigenvalue weighted by atomic mass is 16.6. The first-order valence-corrected chi connectivity index (χ1v) is 14.8. The van der Waals surface area contributed by atoms with Crippen LogP contribution in [0.4, 0.5) is 4.79 Å². The van der Waals surface area contributed by atoms with E-state index in [0.29, 0.717) is 12.0 Å². The van der Waals surface area contributed by atoms with Crippen LogP contribution >= 0.6 is 0 Å². The maximum Gasteiger partial charge on any atom is 0.407 e. The first kappa shape index (κ1) is 27.3. The monoisotopic (exact) mass is 584 g/mol. The first-order chi connectivity index (χ1) is 20.7. The number of ether oxygens (including phenoxy) is 1. The van der Waals surface area contributed by atoms with Gasteiger partial charge in [-0.05, 0) is 71.4 Å². The number of nitrogens with zero attached hydrogens (tertiary/aromatic N) is 8. The number of carbonyl (C=O) groups is 1. The number of rotatable bonds is 3. The Labute approximate surface area is 246 Å². The van der Waals surface area contributed by atoms with Crippen LogP contribution < -0.4 is 11.1 Å². The molecule has 5 N–H and O–H groups in total. The van der Waals surface area contributed by atoms with Gasteiger partial charge in [-0.3, -0.25) is 8.80 Å². The van der Waals surface area contributed by atoms with E-state index in [1.807, 2.05) is 45.3 Å². The summed E-state index contributed by atoms with van der Waals surface area (Å²) in [5, 5.41) is 20.2. The smallest absolute Gasteiger partial charge is 0.407 e. The minimum absolute atomic E-state index is 0.0933. The minimum atomic E-state index is -0.488. The van der Waals surface area contributed by atoms with Crippen LogP contribution in [-0.2, 0) is 4.74 Å². The molecule has 0 bridgehead atoms. The van der Waals surface area contributed by atoms with E-state index >= 15 is 0 Å². The van der Waals surface area contributed by atoms with Crippen LogP contribution in [0.25, 0.3) is 33.6 Å². The maximum atomic E-state index is 12.0. The lowest BCUT2D eigenvalue weighted by Gasteiger charge is -2.21. The quantitative estimate of drug-likeness (QED) is 0.239. The molecule has 0 unspecified atom stereocenters. The van der Waals surface area contributed by atoms with E-state index in [-0.39, 0.29) is 18.1 Å². The lowest BCUT2D eigenvalue weighted by molar-refractivity contribution is 0.0505. The third-order valence-electron chi connectivity index (χ3n) is 8.29. The standard InChI is InChI=1S/C17H22N6O2.C12H14N6/c1-17(2,3)25-16(24)20-11-5-4-10(8-11)15-22-21-13-9-19-14-12(23(13)15)6-7-18-14;13-8-2-1-7(5-8)12-17-16-10-6-15-11-9(18(10)12)3-4-14-11/h6-7,9-11,18H,4-5,8H2,1-3H3,(H,20,24);3-4,6-8,14H,1-2,5,13H2/t10-,11+;7-,8+/m11/s1. The van der Waals surface area contributed by atoms with Gasteiger partial charge in [-0.2, -0.15) is 0 Å². The second-order valence-corrected chi connectivity index (χ2v) is 12.6. The lowest BCUT2D eigenvalue weighted by Crippen LogP contribution is -2.37. The summed E-state index contributed by atoms with van der Waals surface area (Å²) in [4.78, 5) is 26.9. The number of hydrogen-bond donors (Lipinski definition) is 4. The number of hydrogen-bond acceptors (Lipinski definition) is 9. The summed E-state index contributed by atoms with van der Waals surface area (Å²) < 4.78 is 9.50. The van der Waals surface area contributed by atoms with Gasteiger partial charge in [-0.15, -0.1) is 20.4 Å². The third-order valence-corrected chi connectivity index (χ3v) is 8.29. The molecule has 2 fully saturated rings. The molecule has 2 saturated carbocycles. The number of alkyl carbamates (subject to hydrolysis) is 1. The molecule has 2 aliphatic carbocycles. The van der Waals surface area contributed by atoms with Crippen molar-refractivity contribution in [1.82, 2.24) is 54.4 Å². The normalized spacial score (nSPS) is 22.4. The Morgan fingerprint density at radius 1 is 0.860 bits per heavy atom. The van der Waals surface area contributed by atoms with Crippen LogP contribution in [0, 0.1) is 0 Å². The van der Waals surface area contributed by atoms with Crippen molar-refractivity contribution in [1.29, 1.82) is 0 Å².